The van der Waals surface area contributed by atoms with Crippen LogP contribution in [-0.2, 0) is 19.6 Å². The van der Waals surface area contributed by atoms with Crippen LogP contribution in [0.1, 0.15) is 17.3 Å². The van der Waals surface area contributed by atoms with Gasteiger partial charge >= 0.3 is 5.97 Å². The van der Waals surface area contributed by atoms with E-state index in [9.17, 15) is 18.0 Å². The second-order valence-electron chi connectivity index (χ2n) is 4.02. The molecule has 1 aromatic rings. The molecule has 0 aromatic heterocycles. The van der Waals surface area contributed by atoms with Gasteiger partial charge in [0.15, 0.2) is 6.10 Å². The van der Waals surface area contributed by atoms with Crippen molar-refractivity contribution in [3.05, 3.63) is 23.8 Å². The van der Waals surface area contributed by atoms with Gasteiger partial charge in [0.1, 0.15) is 10.6 Å². The molecule has 0 aliphatic rings. The minimum absolute atomic E-state index is 0.0438. The number of amides is 1. The number of sulfonamides is 1. The first-order valence-electron chi connectivity index (χ1n) is 5.84. The van der Waals surface area contributed by atoms with E-state index in [0.717, 1.165) is 6.07 Å². The lowest BCUT2D eigenvalue weighted by atomic mass is 10.2. The lowest BCUT2D eigenvalue weighted by Crippen LogP contribution is -2.30. The Kier molecular flexibility index (Phi) is 5.28. The van der Waals surface area contributed by atoms with E-state index in [2.05, 4.69) is 4.72 Å². The highest BCUT2D eigenvalue weighted by molar-refractivity contribution is 7.89. The summed E-state index contributed by atoms with van der Waals surface area (Å²) in [6.07, 6.45) is -1.12. The summed E-state index contributed by atoms with van der Waals surface area (Å²) in [5, 5.41) is 0. The molecular weight excluding hydrogens is 300 g/mol. The van der Waals surface area contributed by atoms with Crippen LogP contribution in [0.4, 0.5) is 0 Å². The first-order chi connectivity index (χ1) is 9.72. The van der Waals surface area contributed by atoms with E-state index < -0.39 is 28.0 Å². The molecule has 1 atom stereocenters. The maximum atomic E-state index is 11.9. The molecule has 0 radical (unpaired) electrons. The monoisotopic (exact) mass is 316 g/mol. The van der Waals surface area contributed by atoms with Crippen molar-refractivity contribution in [3.63, 3.8) is 0 Å². The molecule has 1 aromatic carbocycles. The second kappa shape index (κ2) is 6.55. The Hall–Kier alpha value is -2.13. The van der Waals surface area contributed by atoms with Gasteiger partial charge in [-0.1, -0.05) is 0 Å². The second-order valence-corrected chi connectivity index (χ2v) is 5.88. The van der Waals surface area contributed by atoms with Gasteiger partial charge in [0.05, 0.1) is 12.7 Å². The molecule has 0 heterocycles. The number of esters is 1. The quantitative estimate of drug-likeness (QED) is 0.690. The van der Waals surface area contributed by atoms with Crippen LogP contribution in [0.2, 0.25) is 0 Å². The number of hydrogen-bond donors (Lipinski definition) is 2. The van der Waals surface area contributed by atoms with Gasteiger partial charge in [0.2, 0.25) is 10.0 Å². The molecule has 0 fully saturated rings. The van der Waals surface area contributed by atoms with E-state index >= 15 is 0 Å². The fourth-order valence-electron chi connectivity index (χ4n) is 1.41. The molecule has 0 aliphatic carbocycles. The van der Waals surface area contributed by atoms with Gasteiger partial charge in [-0.25, -0.2) is 17.9 Å². The molecule has 0 saturated carbocycles. The van der Waals surface area contributed by atoms with Gasteiger partial charge in [-0.3, -0.25) is 4.79 Å². The maximum Gasteiger partial charge on any atom is 0.338 e. The van der Waals surface area contributed by atoms with Crippen molar-refractivity contribution >= 4 is 21.9 Å². The van der Waals surface area contributed by atoms with Gasteiger partial charge < -0.3 is 15.2 Å². The third-order valence-electron chi connectivity index (χ3n) is 2.64. The minimum Gasteiger partial charge on any atom is -0.495 e. The summed E-state index contributed by atoms with van der Waals surface area (Å²) in [5.74, 6) is -1.60. The minimum atomic E-state index is -3.82. The standard InChI is InChI=1S/C12H16N2O6S/c1-7(11(13)15)20-12(16)8-4-5-9(19-3)10(6-8)21(17,18)14-2/h4-7,14H,1-3H3,(H2,13,15)/t7-/m0/s1. The normalized spacial score (nSPS) is 12.5. The zero-order chi connectivity index (χ0) is 16.2. The molecule has 3 N–H and O–H groups in total. The lowest BCUT2D eigenvalue weighted by Gasteiger charge is -2.12. The van der Waals surface area contributed by atoms with Crippen molar-refractivity contribution in [2.24, 2.45) is 5.73 Å². The van der Waals surface area contributed by atoms with Gasteiger partial charge in [0, 0.05) is 0 Å². The van der Waals surface area contributed by atoms with Crippen LogP contribution in [-0.4, -0.2) is 40.6 Å². The smallest absolute Gasteiger partial charge is 0.338 e. The fraction of sp³-hybridized carbons (Fsp3) is 0.333. The van der Waals surface area contributed by atoms with Crippen LogP contribution < -0.4 is 15.2 Å². The summed E-state index contributed by atoms with van der Waals surface area (Å²) >= 11 is 0. The molecule has 116 valence electrons. The van der Waals surface area contributed by atoms with Crippen LogP contribution in [0.15, 0.2) is 23.1 Å². The largest absolute Gasteiger partial charge is 0.495 e. The molecular formula is C12H16N2O6S. The van der Waals surface area contributed by atoms with E-state index in [-0.39, 0.29) is 16.2 Å². The third-order valence-corrected chi connectivity index (χ3v) is 4.08. The summed E-state index contributed by atoms with van der Waals surface area (Å²) < 4.78 is 35.6. The summed E-state index contributed by atoms with van der Waals surface area (Å²) in [4.78, 5) is 22.5. The van der Waals surface area contributed by atoms with E-state index in [1.54, 1.807) is 0 Å². The van der Waals surface area contributed by atoms with Gasteiger partial charge in [-0.05, 0) is 32.2 Å². The number of primary amides is 1. The Morgan fingerprint density at radius 3 is 2.43 bits per heavy atom. The van der Waals surface area contributed by atoms with Crippen molar-refractivity contribution in [3.8, 4) is 5.75 Å². The maximum absolute atomic E-state index is 11.9. The average molecular weight is 316 g/mol. The average Bonchev–Trinajstić information content (AvgIpc) is 2.46. The number of ether oxygens (including phenoxy) is 2. The molecule has 1 rings (SSSR count). The number of hydrogen-bond acceptors (Lipinski definition) is 6. The number of carbonyl (C=O) groups excluding carboxylic acids is 2. The molecule has 0 spiro atoms. The molecule has 0 bridgehead atoms. The first-order valence-corrected chi connectivity index (χ1v) is 7.33. The zero-order valence-electron chi connectivity index (χ0n) is 11.7. The van der Waals surface area contributed by atoms with E-state index in [0.29, 0.717) is 0 Å². The number of carbonyl (C=O) groups is 2. The van der Waals surface area contributed by atoms with Crippen molar-refractivity contribution in [2.75, 3.05) is 14.2 Å². The molecule has 0 aliphatic heterocycles. The highest BCUT2D eigenvalue weighted by atomic mass is 32.2. The van der Waals surface area contributed by atoms with Crippen molar-refractivity contribution in [1.82, 2.24) is 4.72 Å². The molecule has 1 amide bonds. The van der Waals surface area contributed by atoms with Gasteiger partial charge in [-0.15, -0.1) is 0 Å². The summed E-state index contributed by atoms with van der Waals surface area (Å²) in [5.41, 5.74) is 4.94. The Morgan fingerprint density at radius 1 is 1.33 bits per heavy atom. The number of benzene rings is 1. The molecule has 8 nitrogen and oxygen atoms in total. The van der Waals surface area contributed by atoms with E-state index in [4.69, 9.17) is 15.2 Å². The van der Waals surface area contributed by atoms with Gasteiger partial charge in [-0.2, -0.15) is 0 Å². The summed E-state index contributed by atoms with van der Waals surface area (Å²) in [6.45, 7) is 1.31. The Labute approximate surface area is 122 Å². The van der Waals surface area contributed by atoms with Crippen LogP contribution in [0.3, 0.4) is 0 Å². The predicted octanol–water partition coefficient (Wildman–Crippen LogP) is -0.366. The summed E-state index contributed by atoms with van der Waals surface area (Å²) in [7, 11) is -1.28. The van der Waals surface area contributed by atoms with Crippen molar-refractivity contribution in [2.45, 2.75) is 17.9 Å². The number of nitrogens with two attached hydrogens (primary N) is 1. The molecule has 21 heavy (non-hydrogen) atoms. The number of methoxy groups -OCH3 is 1. The van der Waals surface area contributed by atoms with Crippen molar-refractivity contribution in [1.29, 1.82) is 0 Å². The van der Waals surface area contributed by atoms with Crippen LogP contribution >= 0.6 is 0 Å². The Balaban J connectivity index is 3.20. The number of rotatable bonds is 6. The van der Waals surface area contributed by atoms with E-state index in [1.165, 1.54) is 33.2 Å². The van der Waals surface area contributed by atoms with Crippen LogP contribution in [0.5, 0.6) is 5.75 Å². The Morgan fingerprint density at radius 2 is 1.95 bits per heavy atom. The van der Waals surface area contributed by atoms with Crippen molar-refractivity contribution < 1.29 is 27.5 Å². The Bertz CT molecular complexity index is 656. The molecule has 0 saturated heterocycles. The lowest BCUT2D eigenvalue weighted by molar-refractivity contribution is -0.125. The highest BCUT2D eigenvalue weighted by Crippen LogP contribution is 2.25. The third kappa shape index (κ3) is 3.92. The zero-order valence-corrected chi connectivity index (χ0v) is 12.6. The predicted molar refractivity (Wildman–Crippen MR) is 73.3 cm³/mol. The fourth-order valence-corrected chi connectivity index (χ4v) is 2.33. The molecule has 9 heteroatoms. The van der Waals surface area contributed by atoms with E-state index in [1.807, 2.05) is 0 Å². The number of nitrogens with one attached hydrogen (secondary N) is 1. The van der Waals surface area contributed by atoms with Crippen LogP contribution in [0, 0.1) is 0 Å². The molecule has 0 unspecified atom stereocenters. The SMILES string of the molecule is CNS(=O)(=O)c1cc(C(=O)O[C@@H](C)C(N)=O)ccc1OC. The topological polar surface area (TPSA) is 125 Å². The first kappa shape index (κ1) is 16.9. The van der Waals surface area contributed by atoms with Gasteiger partial charge in [0.25, 0.3) is 5.91 Å². The summed E-state index contributed by atoms with van der Waals surface area (Å²) in [6, 6.07) is 3.74. The highest BCUT2D eigenvalue weighted by Gasteiger charge is 2.22. The van der Waals surface area contributed by atoms with Crippen LogP contribution in [0.25, 0.3) is 0 Å².